The lowest BCUT2D eigenvalue weighted by Crippen LogP contribution is -2.53. The molecule has 1 heterocycles. The highest BCUT2D eigenvalue weighted by atomic mass is 16.3. The number of β-lactam (4-membered cyclic amide) rings is 1. The zero-order valence-corrected chi connectivity index (χ0v) is 4.72. The molecule has 1 fully saturated rings. The van der Waals surface area contributed by atoms with Crippen LogP contribution in [-0.4, -0.2) is 23.7 Å². The van der Waals surface area contributed by atoms with Gasteiger partial charge in [0.05, 0.1) is 12.0 Å². The van der Waals surface area contributed by atoms with Crippen LogP contribution >= 0.6 is 0 Å². The van der Waals surface area contributed by atoms with Crippen molar-refractivity contribution in [2.75, 3.05) is 6.54 Å². The Kier molecular flexibility index (Phi) is 1.21. The number of amides is 1. The van der Waals surface area contributed by atoms with Gasteiger partial charge in [-0.05, 0) is 6.92 Å². The van der Waals surface area contributed by atoms with E-state index in [1.165, 1.54) is 0 Å². The maximum Gasteiger partial charge on any atom is 0.227 e. The number of hydrogen-bond donors (Lipinski definition) is 2. The zero-order chi connectivity index (χ0) is 6.15. The van der Waals surface area contributed by atoms with E-state index in [-0.39, 0.29) is 11.8 Å². The van der Waals surface area contributed by atoms with Gasteiger partial charge in [-0.15, -0.1) is 0 Å². The van der Waals surface area contributed by atoms with E-state index in [0.717, 1.165) is 0 Å². The molecule has 2 N–H and O–H groups in total. The van der Waals surface area contributed by atoms with Gasteiger partial charge in [-0.25, -0.2) is 0 Å². The van der Waals surface area contributed by atoms with E-state index in [1.54, 1.807) is 6.92 Å². The number of carbonyl (C=O) groups excluding carboxylic acids is 1. The van der Waals surface area contributed by atoms with E-state index in [0.29, 0.717) is 6.54 Å². The highest BCUT2D eigenvalue weighted by Crippen LogP contribution is 2.09. The van der Waals surface area contributed by atoms with Gasteiger partial charge in [0.2, 0.25) is 5.91 Å². The van der Waals surface area contributed by atoms with Crippen molar-refractivity contribution in [3.63, 3.8) is 0 Å². The van der Waals surface area contributed by atoms with Gasteiger partial charge in [0.1, 0.15) is 0 Å². The Morgan fingerprint density at radius 1 is 2.00 bits per heavy atom. The first kappa shape index (κ1) is 5.56. The standard InChI is InChI=1S/C5H9NO2/c1-3(7)4-2-6-5(4)8/h3-4,7H,2H2,1H3,(H,6,8)/t3?,4-/m0/s1. The van der Waals surface area contributed by atoms with Crippen molar-refractivity contribution in [3.8, 4) is 0 Å². The number of nitrogens with one attached hydrogen (secondary N) is 1. The molecule has 0 saturated carbocycles. The van der Waals surface area contributed by atoms with Crippen molar-refractivity contribution >= 4 is 5.91 Å². The average Bonchev–Trinajstić information content (AvgIpc) is 1.61. The van der Waals surface area contributed by atoms with Crippen LogP contribution in [0.15, 0.2) is 0 Å². The maximum atomic E-state index is 10.4. The van der Waals surface area contributed by atoms with Gasteiger partial charge in [0.15, 0.2) is 0 Å². The summed E-state index contributed by atoms with van der Waals surface area (Å²) in [5.74, 6) is -0.171. The molecule has 0 bridgehead atoms. The zero-order valence-electron chi connectivity index (χ0n) is 4.72. The predicted molar refractivity (Wildman–Crippen MR) is 28.2 cm³/mol. The molecule has 0 spiro atoms. The van der Waals surface area contributed by atoms with Crippen molar-refractivity contribution in [1.82, 2.24) is 5.32 Å². The molecule has 1 aliphatic heterocycles. The Morgan fingerprint density at radius 3 is 2.62 bits per heavy atom. The van der Waals surface area contributed by atoms with Crippen LogP contribution < -0.4 is 5.32 Å². The molecule has 3 heteroatoms. The average molecular weight is 115 g/mol. The van der Waals surface area contributed by atoms with E-state index in [9.17, 15) is 4.79 Å². The first-order valence-electron chi connectivity index (χ1n) is 2.67. The van der Waals surface area contributed by atoms with Crippen molar-refractivity contribution in [2.45, 2.75) is 13.0 Å². The fraction of sp³-hybridized carbons (Fsp3) is 0.800. The molecular formula is C5H9NO2. The second-order valence-corrected chi connectivity index (χ2v) is 2.09. The molecule has 3 nitrogen and oxygen atoms in total. The fourth-order valence-electron chi connectivity index (χ4n) is 0.693. The van der Waals surface area contributed by atoms with Gasteiger partial charge in [0.25, 0.3) is 0 Å². The number of carbonyl (C=O) groups is 1. The topological polar surface area (TPSA) is 49.3 Å². The van der Waals surface area contributed by atoms with Gasteiger partial charge in [0, 0.05) is 6.54 Å². The minimum absolute atomic E-state index is 0.0278. The van der Waals surface area contributed by atoms with Crippen LogP contribution in [0.2, 0.25) is 0 Å². The predicted octanol–water partition coefficient (Wildman–Crippen LogP) is -0.887. The fourth-order valence-corrected chi connectivity index (χ4v) is 0.693. The minimum Gasteiger partial charge on any atom is -0.393 e. The molecule has 1 saturated heterocycles. The highest BCUT2D eigenvalue weighted by Gasteiger charge is 2.31. The summed E-state index contributed by atoms with van der Waals surface area (Å²) in [6.07, 6.45) is -0.483. The summed E-state index contributed by atoms with van der Waals surface area (Å²) in [6, 6.07) is 0. The second kappa shape index (κ2) is 1.74. The molecular weight excluding hydrogens is 106 g/mol. The van der Waals surface area contributed by atoms with Crippen molar-refractivity contribution in [3.05, 3.63) is 0 Å². The van der Waals surface area contributed by atoms with Crippen LogP contribution in [0.25, 0.3) is 0 Å². The number of aliphatic hydroxyl groups excluding tert-OH is 1. The summed E-state index contributed by atoms with van der Waals surface area (Å²) in [4.78, 5) is 10.4. The molecule has 0 aromatic rings. The number of aliphatic hydroxyl groups is 1. The Hall–Kier alpha value is -0.570. The third kappa shape index (κ3) is 0.690. The molecule has 46 valence electrons. The number of hydrogen-bond acceptors (Lipinski definition) is 2. The van der Waals surface area contributed by atoms with Gasteiger partial charge in [-0.2, -0.15) is 0 Å². The second-order valence-electron chi connectivity index (χ2n) is 2.09. The lowest BCUT2D eigenvalue weighted by atomic mass is 9.97. The minimum atomic E-state index is -0.483. The summed E-state index contributed by atoms with van der Waals surface area (Å²) >= 11 is 0. The molecule has 0 aliphatic carbocycles. The Labute approximate surface area is 47.7 Å². The molecule has 1 aliphatic rings. The lowest BCUT2D eigenvalue weighted by Gasteiger charge is -2.27. The molecule has 0 aromatic carbocycles. The molecule has 2 atom stereocenters. The van der Waals surface area contributed by atoms with E-state index < -0.39 is 6.10 Å². The summed E-state index contributed by atoms with van der Waals surface area (Å²) < 4.78 is 0. The quantitative estimate of drug-likeness (QED) is 0.436. The Bertz CT molecular complexity index is 111. The van der Waals surface area contributed by atoms with Gasteiger partial charge in [-0.1, -0.05) is 0 Å². The Balaban J connectivity index is 2.37. The van der Waals surface area contributed by atoms with Crippen molar-refractivity contribution in [1.29, 1.82) is 0 Å². The highest BCUT2D eigenvalue weighted by molar-refractivity contribution is 5.84. The first-order valence-corrected chi connectivity index (χ1v) is 2.67. The Morgan fingerprint density at radius 2 is 2.62 bits per heavy atom. The molecule has 0 aromatic heterocycles. The molecule has 0 radical (unpaired) electrons. The molecule has 1 unspecified atom stereocenters. The lowest BCUT2D eigenvalue weighted by molar-refractivity contribution is -0.135. The van der Waals surface area contributed by atoms with Gasteiger partial charge in [-0.3, -0.25) is 4.79 Å². The maximum absolute atomic E-state index is 10.4. The van der Waals surface area contributed by atoms with E-state index >= 15 is 0 Å². The monoisotopic (exact) mass is 115 g/mol. The molecule has 1 amide bonds. The normalized spacial score (nSPS) is 30.8. The van der Waals surface area contributed by atoms with Gasteiger partial charge >= 0.3 is 0 Å². The number of rotatable bonds is 1. The van der Waals surface area contributed by atoms with Crippen LogP contribution in [0.3, 0.4) is 0 Å². The van der Waals surface area contributed by atoms with Crippen molar-refractivity contribution in [2.24, 2.45) is 5.92 Å². The van der Waals surface area contributed by atoms with Crippen LogP contribution in [0.5, 0.6) is 0 Å². The summed E-state index contributed by atoms with van der Waals surface area (Å²) in [5, 5.41) is 11.3. The summed E-state index contributed by atoms with van der Waals surface area (Å²) in [7, 11) is 0. The largest absolute Gasteiger partial charge is 0.393 e. The smallest absolute Gasteiger partial charge is 0.227 e. The van der Waals surface area contributed by atoms with E-state index in [1.807, 2.05) is 0 Å². The van der Waals surface area contributed by atoms with Crippen LogP contribution in [0, 0.1) is 5.92 Å². The first-order chi connectivity index (χ1) is 3.72. The van der Waals surface area contributed by atoms with E-state index in [4.69, 9.17) is 5.11 Å². The van der Waals surface area contributed by atoms with Crippen LogP contribution in [0.1, 0.15) is 6.92 Å². The summed E-state index contributed by atoms with van der Waals surface area (Å²) in [5.41, 5.74) is 0. The molecule has 1 rings (SSSR count). The molecule has 8 heavy (non-hydrogen) atoms. The SMILES string of the molecule is CC(O)[C@@H]1CNC1=O. The third-order valence-electron chi connectivity index (χ3n) is 1.42. The van der Waals surface area contributed by atoms with Crippen LogP contribution in [-0.2, 0) is 4.79 Å². The third-order valence-corrected chi connectivity index (χ3v) is 1.42. The summed E-state index contributed by atoms with van der Waals surface area (Å²) in [6.45, 7) is 2.26. The van der Waals surface area contributed by atoms with E-state index in [2.05, 4.69) is 5.32 Å². The van der Waals surface area contributed by atoms with Crippen LogP contribution in [0.4, 0.5) is 0 Å². The van der Waals surface area contributed by atoms with Gasteiger partial charge < -0.3 is 10.4 Å². The van der Waals surface area contributed by atoms with Crippen molar-refractivity contribution < 1.29 is 9.90 Å².